The van der Waals surface area contributed by atoms with Gasteiger partial charge < -0.3 is 5.32 Å². The van der Waals surface area contributed by atoms with Crippen molar-refractivity contribution in [1.29, 1.82) is 0 Å². The fourth-order valence-corrected chi connectivity index (χ4v) is 2.65. The van der Waals surface area contributed by atoms with Gasteiger partial charge in [0.25, 0.3) is 0 Å². The Labute approximate surface area is 116 Å². The molecule has 0 fully saturated rings. The van der Waals surface area contributed by atoms with Gasteiger partial charge in [-0.2, -0.15) is 0 Å². The standard InChI is InChI=1S/C17H37N/c1-6-8-9-10-11-12-13-14-16(18-7-2)15-17(3,4)5/h16,18H,6-15H2,1-5H3. The van der Waals surface area contributed by atoms with Gasteiger partial charge in [-0.1, -0.05) is 79.6 Å². The van der Waals surface area contributed by atoms with E-state index < -0.39 is 0 Å². The Bertz CT molecular complexity index is 169. The van der Waals surface area contributed by atoms with Gasteiger partial charge in [0.2, 0.25) is 0 Å². The largest absolute Gasteiger partial charge is 0.314 e. The van der Waals surface area contributed by atoms with Crippen molar-refractivity contribution in [3.8, 4) is 0 Å². The Morgan fingerprint density at radius 1 is 0.833 bits per heavy atom. The summed E-state index contributed by atoms with van der Waals surface area (Å²) in [7, 11) is 0. The van der Waals surface area contributed by atoms with E-state index in [1.54, 1.807) is 0 Å². The second kappa shape index (κ2) is 10.8. The lowest BCUT2D eigenvalue weighted by molar-refractivity contribution is 0.296. The van der Waals surface area contributed by atoms with E-state index >= 15 is 0 Å². The highest BCUT2D eigenvalue weighted by Gasteiger charge is 2.17. The van der Waals surface area contributed by atoms with Crippen LogP contribution in [0.15, 0.2) is 0 Å². The first kappa shape index (κ1) is 18.0. The molecule has 0 aromatic rings. The average molecular weight is 255 g/mol. The van der Waals surface area contributed by atoms with Crippen molar-refractivity contribution in [2.75, 3.05) is 6.54 Å². The van der Waals surface area contributed by atoms with Gasteiger partial charge in [0.15, 0.2) is 0 Å². The van der Waals surface area contributed by atoms with Gasteiger partial charge in [-0.15, -0.1) is 0 Å². The van der Waals surface area contributed by atoms with E-state index in [1.807, 2.05) is 0 Å². The maximum Gasteiger partial charge on any atom is 0.00719 e. The lowest BCUT2D eigenvalue weighted by Gasteiger charge is -2.26. The molecule has 1 unspecified atom stereocenters. The van der Waals surface area contributed by atoms with Crippen LogP contribution in [0.5, 0.6) is 0 Å². The summed E-state index contributed by atoms with van der Waals surface area (Å²) < 4.78 is 0. The van der Waals surface area contributed by atoms with Gasteiger partial charge in [0.1, 0.15) is 0 Å². The van der Waals surface area contributed by atoms with Gasteiger partial charge in [0, 0.05) is 6.04 Å². The highest BCUT2D eigenvalue weighted by molar-refractivity contribution is 4.74. The Hall–Kier alpha value is -0.0400. The summed E-state index contributed by atoms with van der Waals surface area (Å²) in [6.45, 7) is 12.7. The smallest absolute Gasteiger partial charge is 0.00719 e. The predicted octanol–water partition coefficient (Wildman–Crippen LogP) is 5.54. The van der Waals surface area contributed by atoms with E-state index in [2.05, 4.69) is 39.9 Å². The van der Waals surface area contributed by atoms with Crippen molar-refractivity contribution < 1.29 is 0 Å². The third-order valence-corrected chi connectivity index (χ3v) is 3.51. The molecule has 0 aliphatic carbocycles. The monoisotopic (exact) mass is 255 g/mol. The SMILES string of the molecule is CCCCCCCCCC(CC(C)(C)C)NCC. The van der Waals surface area contributed by atoms with Crippen LogP contribution in [0.25, 0.3) is 0 Å². The van der Waals surface area contributed by atoms with Crippen LogP contribution in [-0.2, 0) is 0 Å². The molecule has 0 rings (SSSR count). The van der Waals surface area contributed by atoms with Crippen LogP contribution in [-0.4, -0.2) is 12.6 Å². The van der Waals surface area contributed by atoms with Crippen molar-refractivity contribution in [2.45, 2.75) is 98.4 Å². The van der Waals surface area contributed by atoms with Gasteiger partial charge in [0.05, 0.1) is 0 Å². The van der Waals surface area contributed by atoms with E-state index in [-0.39, 0.29) is 0 Å². The maximum atomic E-state index is 3.65. The fraction of sp³-hybridized carbons (Fsp3) is 1.00. The molecule has 0 aromatic heterocycles. The molecule has 0 amide bonds. The molecule has 0 bridgehead atoms. The molecule has 1 heteroatoms. The molecular formula is C17H37N. The van der Waals surface area contributed by atoms with Crippen molar-refractivity contribution in [1.82, 2.24) is 5.32 Å². The van der Waals surface area contributed by atoms with Crippen LogP contribution < -0.4 is 5.32 Å². The third-order valence-electron chi connectivity index (χ3n) is 3.51. The van der Waals surface area contributed by atoms with Crippen molar-refractivity contribution >= 4 is 0 Å². The molecule has 0 aliphatic heterocycles. The van der Waals surface area contributed by atoms with Crippen molar-refractivity contribution in [3.05, 3.63) is 0 Å². The van der Waals surface area contributed by atoms with Gasteiger partial charge >= 0.3 is 0 Å². The number of hydrogen-bond acceptors (Lipinski definition) is 1. The first-order chi connectivity index (χ1) is 8.49. The Morgan fingerprint density at radius 2 is 1.39 bits per heavy atom. The predicted molar refractivity (Wildman–Crippen MR) is 84.1 cm³/mol. The molecule has 0 radical (unpaired) electrons. The Balaban J connectivity index is 3.58. The molecule has 1 nitrogen and oxygen atoms in total. The van der Waals surface area contributed by atoms with E-state index in [0.29, 0.717) is 5.41 Å². The van der Waals surface area contributed by atoms with Crippen LogP contribution in [0.4, 0.5) is 0 Å². The first-order valence-electron chi connectivity index (χ1n) is 8.23. The van der Waals surface area contributed by atoms with Crippen molar-refractivity contribution in [2.24, 2.45) is 5.41 Å². The van der Waals surface area contributed by atoms with Crippen LogP contribution >= 0.6 is 0 Å². The number of hydrogen-bond donors (Lipinski definition) is 1. The summed E-state index contributed by atoms with van der Waals surface area (Å²) >= 11 is 0. The molecule has 0 saturated carbocycles. The minimum absolute atomic E-state index is 0.452. The highest BCUT2D eigenvalue weighted by atomic mass is 14.9. The van der Waals surface area contributed by atoms with Crippen LogP contribution in [0.1, 0.15) is 92.4 Å². The molecule has 0 aromatic carbocycles. The lowest BCUT2D eigenvalue weighted by Crippen LogP contribution is -2.32. The zero-order chi connectivity index (χ0) is 13.9. The second-order valence-corrected chi connectivity index (χ2v) is 6.93. The summed E-state index contributed by atoms with van der Waals surface area (Å²) in [4.78, 5) is 0. The minimum atomic E-state index is 0.452. The molecule has 0 aliphatic rings. The van der Waals surface area contributed by atoms with Crippen LogP contribution in [0, 0.1) is 5.41 Å². The fourth-order valence-electron chi connectivity index (χ4n) is 2.65. The second-order valence-electron chi connectivity index (χ2n) is 6.93. The summed E-state index contributed by atoms with van der Waals surface area (Å²) in [5, 5.41) is 3.65. The highest BCUT2D eigenvalue weighted by Crippen LogP contribution is 2.23. The lowest BCUT2D eigenvalue weighted by atomic mass is 9.86. The van der Waals surface area contributed by atoms with E-state index in [4.69, 9.17) is 0 Å². The molecular weight excluding hydrogens is 218 g/mol. The molecule has 18 heavy (non-hydrogen) atoms. The quantitative estimate of drug-likeness (QED) is 0.478. The molecule has 110 valence electrons. The molecule has 0 spiro atoms. The minimum Gasteiger partial charge on any atom is -0.314 e. The van der Waals surface area contributed by atoms with Crippen LogP contribution in [0.3, 0.4) is 0 Å². The number of nitrogens with one attached hydrogen (secondary N) is 1. The molecule has 1 atom stereocenters. The zero-order valence-corrected chi connectivity index (χ0v) is 13.6. The number of rotatable bonds is 11. The van der Waals surface area contributed by atoms with E-state index in [1.165, 1.54) is 57.8 Å². The molecule has 0 saturated heterocycles. The van der Waals surface area contributed by atoms with Gasteiger partial charge in [-0.05, 0) is 24.8 Å². The van der Waals surface area contributed by atoms with Gasteiger partial charge in [-0.3, -0.25) is 0 Å². The normalized spacial score (nSPS) is 13.8. The van der Waals surface area contributed by atoms with Gasteiger partial charge in [-0.25, -0.2) is 0 Å². The average Bonchev–Trinajstić information content (AvgIpc) is 2.26. The zero-order valence-electron chi connectivity index (χ0n) is 13.6. The van der Waals surface area contributed by atoms with E-state index in [0.717, 1.165) is 12.6 Å². The van der Waals surface area contributed by atoms with Crippen molar-refractivity contribution in [3.63, 3.8) is 0 Å². The third kappa shape index (κ3) is 12.4. The van der Waals surface area contributed by atoms with Crippen LogP contribution in [0.2, 0.25) is 0 Å². The summed E-state index contributed by atoms with van der Waals surface area (Å²) in [6, 6.07) is 0.727. The first-order valence-corrected chi connectivity index (χ1v) is 8.23. The summed E-state index contributed by atoms with van der Waals surface area (Å²) in [5.74, 6) is 0. The molecule has 1 N–H and O–H groups in total. The Kier molecular flexibility index (Phi) is 10.8. The van der Waals surface area contributed by atoms with E-state index in [9.17, 15) is 0 Å². The maximum absolute atomic E-state index is 3.65. The Morgan fingerprint density at radius 3 is 1.89 bits per heavy atom. The topological polar surface area (TPSA) is 12.0 Å². The molecule has 0 heterocycles. The number of unbranched alkanes of at least 4 members (excludes halogenated alkanes) is 6. The summed E-state index contributed by atoms with van der Waals surface area (Å²) in [5.41, 5.74) is 0.452. The summed E-state index contributed by atoms with van der Waals surface area (Å²) in [6.07, 6.45) is 12.6.